The Morgan fingerprint density at radius 3 is 2.82 bits per heavy atom. The lowest BCUT2D eigenvalue weighted by molar-refractivity contribution is -0.137. The van der Waals surface area contributed by atoms with Crippen LogP contribution in [0, 0.1) is 0 Å². The van der Waals surface area contributed by atoms with Gasteiger partial charge in [0.25, 0.3) is 5.91 Å². The molecule has 0 radical (unpaired) electrons. The van der Waals surface area contributed by atoms with Crippen LogP contribution < -0.4 is 0 Å². The number of nitrogens with zero attached hydrogens (tertiary/aromatic N) is 2. The van der Waals surface area contributed by atoms with Crippen molar-refractivity contribution in [2.75, 3.05) is 13.6 Å². The summed E-state index contributed by atoms with van der Waals surface area (Å²) >= 11 is 3.25. The summed E-state index contributed by atoms with van der Waals surface area (Å²) in [7, 11) is 1.65. The summed E-state index contributed by atoms with van der Waals surface area (Å²) in [5.74, 6) is -0.999. The van der Waals surface area contributed by atoms with Crippen LogP contribution in [0.3, 0.4) is 0 Å². The lowest BCUT2D eigenvalue weighted by Gasteiger charge is -2.17. The molecule has 1 aromatic heterocycles. The van der Waals surface area contributed by atoms with Crippen molar-refractivity contribution in [3.63, 3.8) is 0 Å². The van der Waals surface area contributed by atoms with E-state index in [0.717, 1.165) is 0 Å². The Morgan fingerprint density at radius 2 is 2.24 bits per heavy atom. The van der Waals surface area contributed by atoms with Gasteiger partial charge in [0.2, 0.25) is 0 Å². The number of hydrogen-bond donors (Lipinski definition) is 1. The van der Waals surface area contributed by atoms with Gasteiger partial charge in [-0.25, -0.2) is 0 Å². The van der Waals surface area contributed by atoms with Crippen LogP contribution in [0.5, 0.6) is 0 Å². The normalized spacial score (nSPS) is 10.0. The lowest BCUT2D eigenvalue weighted by atomic mass is 10.2. The van der Waals surface area contributed by atoms with Crippen LogP contribution in [-0.2, 0) is 4.79 Å². The summed E-state index contributed by atoms with van der Waals surface area (Å²) in [5.41, 5.74) is 0.526. The van der Waals surface area contributed by atoms with Gasteiger partial charge >= 0.3 is 5.97 Å². The van der Waals surface area contributed by atoms with Crippen molar-refractivity contribution in [3.05, 3.63) is 28.5 Å². The smallest absolute Gasteiger partial charge is 0.303 e. The molecule has 0 aliphatic heterocycles. The number of aliphatic carboxylic acids is 1. The predicted molar refractivity (Wildman–Crippen MR) is 65.8 cm³/mol. The highest BCUT2D eigenvalue weighted by Crippen LogP contribution is 2.16. The second-order valence-corrected chi connectivity index (χ2v) is 4.43. The number of amides is 1. The topological polar surface area (TPSA) is 70.5 Å². The van der Waals surface area contributed by atoms with E-state index in [0.29, 0.717) is 23.0 Å². The van der Waals surface area contributed by atoms with E-state index in [9.17, 15) is 9.59 Å². The Kier molecular flexibility index (Phi) is 5.09. The van der Waals surface area contributed by atoms with Gasteiger partial charge < -0.3 is 10.0 Å². The molecule has 1 aromatic rings. The summed E-state index contributed by atoms with van der Waals surface area (Å²) in [4.78, 5) is 27.7. The summed E-state index contributed by atoms with van der Waals surface area (Å²) in [6.07, 6.45) is 3.61. The third kappa shape index (κ3) is 4.14. The molecule has 0 aliphatic carbocycles. The van der Waals surface area contributed by atoms with Gasteiger partial charge in [0.05, 0.1) is 5.56 Å². The van der Waals surface area contributed by atoms with Crippen molar-refractivity contribution < 1.29 is 14.7 Å². The number of carboxylic acid groups (broad SMARTS) is 1. The number of hydrogen-bond acceptors (Lipinski definition) is 3. The third-order valence-corrected chi connectivity index (χ3v) is 2.87. The van der Waals surface area contributed by atoms with Crippen LogP contribution in [0.1, 0.15) is 23.2 Å². The molecular formula is C11H13BrN2O3. The van der Waals surface area contributed by atoms with E-state index in [2.05, 4.69) is 20.9 Å². The summed E-state index contributed by atoms with van der Waals surface area (Å²) in [5, 5.41) is 8.51. The highest BCUT2D eigenvalue weighted by atomic mass is 79.9. The number of carboxylic acids is 1. The maximum absolute atomic E-state index is 12.0. The molecule has 0 bridgehead atoms. The molecule has 0 saturated carbocycles. The second-order valence-electron chi connectivity index (χ2n) is 3.58. The average molecular weight is 301 g/mol. The van der Waals surface area contributed by atoms with Gasteiger partial charge in [-0.05, 0) is 28.4 Å². The molecule has 1 amide bonds. The number of aromatic nitrogens is 1. The fourth-order valence-corrected chi connectivity index (χ4v) is 1.74. The SMILES string of the molecule is CN(CCCC(=O)O)C(=O)c1ccncc1Br. The molecule has 1 rings (SSSR count). The van der Waals surface area contributed by atoms with Gasteiger partial charge in [-0.3, -0.25) is 14.6 Å². The van der Waals surface area contributed by atoms with E-state index in [1.807, 2.05) is 0 Å². The van der Waals surface area contributed by atoms with Crippen LogP contribution in [0.2, 0.25) is 0 Å². The van der Waals surface area contributed by atoms with Crippen molar-refractivity contribution in [1.29, 1.82) is 0 Å². The molecule has 92 valence electrons. The first-order chi connectivity index (χ1) is 8.02. The number of rotatable bonds is 5. The third-order valence-electron chi connectivity index (χ3n) is 2.23. The Balaban J connectivity index is 2.58. The molecule has 6 heteroatoms. The monoisotopic (exact) mass is 300 g/mol. The second kappa shape index (κ2) is 6.34. The highest BCUT2D eigenvalue weighted by molar-refractivity contribution is 9.10. The molecule has 0 aliphatic rings. The Morgan fingerprint density at radius 1 is 1.53 bits per heavy atom. The maximum Gasteiger partial charge on any atom is 0.303 e. The number of carbonyl (C=O) groups is 2. The minimum Gasteiger partial charge on any atom is -0.481 e. The molecule has 17 heavy (non-hydrogen) atoms. The van der Waals surface area contributed by atoms with Crippen molar-refractivity contribution in [2.45, 2.75) is 12.8 Å². The van der Waals surface area contributed by atoms with Gasteiger partial charge in [0.1, 0.15) is 0 Å². The van der Waals surface area contributed by atoms with Crippen LogP contribution in [0.15, 0.2) is 22.9 Å². The fourth-order valence-electron chi connectivity index (χ4n) is 1.32. The predicted octanol–water partition coefficient (Wildman–Crippen LogP) is 1.78. The first kappa shape index (κ1) is 13.6. The first-order valence-electron chi connectivity index (χ1n) is 5.09. The largest absolute Gasteiger partial charge is 0.481 e. The highest BCUT2D eigenvalue weighted by Gasteiger charge is 2.14. The molecule has 1 N–H and O–H groups in total. The quantitative estimate of drug-likeness (QED) is 0.900. The molecule has 0 saturated heterocycles. The molecule has 0 unspecified atom stereocenters. The number of pyridine rings is 1. The standard InChI is InChI=1S/C11H13BrN2O3/c1-14(6-2-3-10(15)16)11(17)8-4-5-13-7-9(8)12/h4-5,7H,2-3,6H2,1H3,(H,15,16). The number of carbonyl (C=O) groups excluding carboxylic acids is 1. The minimum absolute atomic E-state index is 0.0646. The molecule has 0 atom stereocenters. The molecule has 1 heterocycles. The summed E-state index contributed by atoms with van der Waals surface area (Å²) in [6.45, 7) is 0.417. The molecule has 5 nitrogen and oxygen atoms in total. The van der Waals surface area contributed by atoms with Crippen LogP contribution in [0.4, 0.5) is 0 Å². The molecular weight excluding hydrogens is 288 g/mol. The van der Waals surface area contributed by atoms with Crippen LogP contribution >= 0.6 is 15.9 Å². The van der Waals surface area contributed by atoms with Gasteiger partial charge in [-0.1, -0.05) is 0 Å². The van der Waals surface area contributed by atoms with Crippen LogP contribution in [0.25, 0.3) is 0 Å². The van der Waals surface area contributed by atoms with Crippen molar-refractivity contribution >= 4 is 27.8 Å². The van der Waals surface area contributed by atoms with Crippen LogP contribution in [-0.4, -0.2) is 40.5 Å². The Hall–Kier alpha value is -1.43. The zero-order valence-corrected chi connectivity index (χ0v) is 11.0. The van der Waals surface area contributed by atoms with Gasteiger partial charge in [-0.2, -0.15) is 0 Å². The zero-order valence-electron chi connectivity index (χ0n) is 9.39. The van der Waals surface area contributed by atoms with E-state index in [-0.39, 0.29) is 12.3 Å². The lowest BCUT2D eigenvalue weighted by Crippen LogP contribution is -2.28. The van der Waals surface area contributed by atoms with E-state index in [4.69, 9.17) is 5.11 Å². The van der Waals surface area contributed by atoms with E-state index in [1.54, 1.807) is 25.5 Å². The molecule has 0 aromatic carbocycles. The Bertz CT molecular complexity index is 423. The summed E-state index contributed by atoms with van der Waals surface area (Å²) < 4.78 is 0.634. The van der Waals surface area contributed by atoms with Crippen molar-refractivity contribution in [2.24, 2.45) is 0 Å². The molecule has 0 spiro atoms. The first-order valence-corrected chi connectivity index (χ1v) is 5.88. The van der Waals surface area contributed by atoms with E-state index < -0.39 is 5.97 Å². The van der Waals surface area contributed by atoms with Crippen molar-refractivity contribution in [1.82, 2.24) is 9.88 Å². The number of halogens is 1. The maximum atomic E-state index is 12.0. The van der Waals surface area contributed by atoms with Gasteiger partial charge in [0.15, 0.2) is 0 Å². The fraction of sp³-hybridized carbons (Fsp3) is 0.364. The van der Waals surface area contributed by atoms with Gasteiger partial charge in [0, 0.05) is 36.9 Å². The Labute approximate surface area is 108 Å². The van der Waals surface area contributed by atoms with E-state index in [1.165, 1.54) is 4.90 Å². The van der Waals surface area contributed by atoms with E-state index >= 15 is 0 Å². The van der Waals surface area contributed by atoms with Gasteiger partial charge in [-0.15, -0.1) is 0 Å². The average Bonchev–Trinajstić information content (AvgIpc) is 2.28. The molecule has 0 fully saturated rings. The summed E-state index contributed by atoms with van der Waals surface area (Å²) in [6, 6.07) is 1.63. The zero-order chi connectivity index (χ0) is 12.8. The minimum atomic E-state index is -0.851. The van der Waals surface area contributed by atoms with Crippen molar-refractivity contribution in [3.8, 4) is 0 Å².